The van der Waals surface area contributed by atoms with E-state index >= 15 is 0 Å². The first-order valence-electron chi connectivity index (χ1n) is 6.41. The summed E-state index contributed by atoms with van der Waals surface area (Å²) in [7, 11) is 0. The Bertz CT molecular complexity index is 605. The number of amides is 1. The Morgan fingerprint density at radius 2 is 2.23 bits per heavy atom. The standard InChI is InChI=1S/C14H14ClNO5S/c15-10-5-9(6-11-14(10)21-8-20-11)1-2-12(17)16-3-4-22-7-13(18)19/h1-2,5-6H,3-4,7-8H2,(H,16,17)(H,18,19)/b2-1+. The molecule has 0 fully saturated rings. The van der Waals surface area contributed by atoms with Gasteiger partial charge < -0.3 is 19.9 Å². The van der Waals surface area contributed by atoms with Crippen molar-refractivity contribution in [2.45, 2.75) is 0 Å². The van der Waals surface area contributed by atoms with E-state index in [2.05, 4.69) is 5.32 Å². The van der Waals surface area contributed by atoms with Gasteiger partial charge >= 0.3 is 5.97 Å². The average Bonchev–Trinajstić information content (AvgIpc) is 2.93. The van der Waals surface area contributed by atoms with Gasteiger partial charge in [0, 0.05) is 18.4 Å². The summed E-state index contributed by atoms with van der Waals surface area (Å²) in [6.07, 6.45) is 3.00. The predicted molar refractivity (Wildman–Crippen MR) is 84.6 cm³/mol. The van der Waals surface area contributed by atoms with E-state index in [9.17, 15) is 9.59 Å². The monoisotopic (exact) mass is 343 g/mol. The number of thioether (sulfide) groups is 1. The van der Waals surface area contributed by atoms with Crippen molar-refractivity contribution in [2.75, 3.05) is 24.8 Å². The van der Waals surface area contributed by atoms with E-state index in [0.717, 1.165) is 5.56 Å². The number of carboxylic acid groups (broad SMARTS) is 1. The molecule has 1 amide bonds. The summed E-state index contributed by atoms with van der Waals surface area (Å²) >= 11 is 7.29. The fourth-order valence-electron chi connectivity index (χ4n) is 1.72. The molecule has 0 bridgehead atoms. The quantitative estimate of drug-likeness (QED) is 0.582. The molecule has 1 aromatic carbocycles. The maximum atomic E-state index is 11.6. The van der Waals surface area contributed by atoms with Crippen molar-refractivity contribution in [3.63, 3.8) is 0 Å². The third-order valence-electron chi connectivity index (χ3n) is 2.65. The highest BCUT2D eigenvalue weighted by Crippen LogP contribution is 2.39. The number of ether oxygens (including phenoxy) is 2. The van der Waals surface area contributed by atoms with Crippen LogP contribution in [0.25, 0.3) is 6.08 Å². The summed E-state index contributed by atoms with van der Waals surface area (Å²) < 4.78 is 10.4. The first kappa shape index (κ1) is 16.5. The van der Waals surface area contributed by atoms with Crippen LogP contribution in [-0.4, -0.2) is 41.8 Å². The van der Waals surface area contributed by atoms with Gasteiger partial charge in [0.05, 0.1) is 10.8 Å². The number of hydrogen-bond donors (Lipinski definition) is 2. The number of halogens is 1. The van der Waals surface area contributed by atoms with Crippen molar-refractivity contribution in [3.8, 4) is 11.5 Å². The normalized spacial score (nSPS) is 12.6. The molecule has 0 aromatic heterocycles. The van der Waals surface area contributed by atoms with E-state index in [1.165, 1.54) is 17.8 Å². The van der Waals surface area contributed by atoms with Crippen LogP contribution in [0.1, 0.15) is 5.56 Å². The van der Waals surface area contributed by atoms with E-state index in [1.807, 2.05) is 0 Å². The number of hydrogen-bond acceptors (Lipinski definition) is 5. The summed E-state index contributed by atoms with van der Waals surface area (Å²) in [5, 5.41) is 11.6. The van der Waals surface area contributed by atoms with Crippen LogP contribution in [0.15, 0.2) is 18.2 Å². The third kappa shape index (κ3) is 4.85. The van der Waals surface area contributed by atoms with Crippen LogP contribution >= 0.6 is 23.4 Å². The number of aliphatic carboxylic acids is 1. The minimum absolute atomic E-state index is 0.0292. The van der Waals surface area contributed by atoms with Gasteiger partial charge in [0.2, 0.25) is 12.7 Å². The number of carboxylic acids is 1. The number of carbonyl (C=O) groups excluding carboxylic acids is 1. The molecule has 0 saturated heterocycles. The second-order valence-electron chi connectivity index (χ2n) is 4.31. The molecule has 1 aliphatic rings. The van der Waals surface area contributed by atoms with Crippen molar-refractivity contribution >= 4 is 41.3 Å². The Labute approximate surface area is 136 Å². The van der Waals surface area contributed by atoms with E-state index in [4.69, 9.17) is 26.2 Å². The average molecular weight is 344 g/mol. The molecule has 0 atom stereocenters. The number of fused-ring (bicyclic) bond motifs is 1. The number of benzene rings is 1. The molecule has 2 N–H and O–H groups in total. The largest absolute Gasteiger partial charge is 0.481 e. The smallest absolute Gasteiger partial charge is 0.313 e. The topological polar surface area (TPSA) is 84.9 Å². The summed E-state index contributed by atoms with van der Waals surface area (Å²) in [6.45, 7) is 0.541. The van der Waals surface area contributed by atoms with Gasteiger partial charge in [-0.25, -0.2) is 0 Å². The zero-order valence-electron chi connectivity index (χ0n) is 11.5. The zero-order chi connectivity index (χ0) is 15.9. The molecule has 2 rings (SSSR count). The fraction of sp³-hybridized carbons (Fsp3) is 0.286. The van der Waals surface area contributed by atoms with Crippen molar-refractivity contribution in [1.29, 1.82) is 0 Å². The first-order valence-corrected chi connectivity index (χ1v) is 7.94. The Kier molecular flexibility index (Phi) is 5.97. The van der Waals surface area contributed by atoms with Gasteiger partial charge in [-0.15, -0.1) is 11.8 Å². The van der Waals surface area contributed by atoms with Gasteiger partial charge in [-0.3, -0.25) is 9.59 Å². The lowest BCUT2D eigenvalue weighted by atomic mass is 10.2. The molecule has 118 valence electrons. The second-order valence-corrected chi connectivity index (χ2v) is 5.82. The molecule has 0 radical (unpaired) electrons. The van der Waals surface area contributed by atoms with Gasteiger partial charge in [0.1, 0.15) is 0 Å². The summed E-state index contributed by atoms with van der Waals surface area (Å²) in [4.78, 5) is 21.9. The van der Waals surface area contributed by atoms with Crippen molar-refractivity contribution in [2.24, 2.45) is 0 Å². The molecule has 22 heavy (non-hydrogen) atoms. The predicted octanol–water partition coefficient (Wildman–Crippen LogP) is 2.02. The van der Waals surface area contributed by atoms with Crippen molar-refractivity contribution in [1.82, 2.24) is 5.32 Å². The zero-order valence-corrected chi connectivity index (χ0v) is 13.1. The molecule has 1 heterocycles. The minimum Gasteiger partial charge on any atom is -0.481 e. The van der Waals surface area contributed by atoms with Crippen molar-refractivity contribution < 1.29 is 24.2 Å². The maximum Gasteiger partial charge on any atom is 0.313 e. The lowest BCUT2D eigenvalue weighted by Crippen LogP contribution is -2.23. The molecule has 0 unspecified atom stereocenters. The first-order chi connectivity index (χ1) is 10.6. The Hall–Kier alpha value is -1.86. The van der Waals surface area contributed by atoms with Crippen LogP contribution in [0.2, 0.25) is 5.02 Å². The van der Waals surface area contributed by atoms with Gasteiger partial charge in [0.25, 0.3) is 0 Å². The van der Waals surface area contributed by atoms with Gasteiger partial charge in [-0.1, -0.05) is 11.6 Å². The third-order valence-corrected chi connectivity index (χ3v) is 3.87. The van der Waals surface area contributed by atoms with Crippen LogP contribution in [0.3, 0.4) is 0 Å². The lowest BCUT2D eigenvalue weighted by Gasteiger charge is -2.02. The molecule has 8 heteroatoms. The van der Waals surface area contributed by atoms with E-state index in [-0.39, 0.29) is 18.5 Å². The second kappa shape index (κ2) is 7.95. The van der Waals surface area contributed by atoms with E-state index in [0.29, 0.717) is 28.8 Å². The molecule has 0 aliphatic carbocycles. The SMILES string of the molecule is O=C(O)CSCCNC(=O)/C=C/c1cc(Cl)c2c(c1)OCO2. The molecule has 0 spiro atoms. The molecular formula is C14H14ClNO5S. The van der Waals surface area contributed by atoms with E-state index < -0.39 is 5.97 Å². The maximum absolute atomic E-state index is 11.6. The molecule has 1 aliphatic heterocycles. The molecule has 6 nitrogen and oxygen atoms in total. The summed E-state index contributed by atoms with van der Waals surface area (Å²) in [5.74, 6) is 0.514. The fourth-order valence-corrected chi connectivity index (χ4v) is 2.56. The molecule has 1 aromatic rings. The van der Waals surface area contributed by atoms with Crippen LogP contribution in [0.5, 0.6) is 11.5 Å². The number of carbonyl (C=O) groups is 2. The van der Waals surface area contributed by atoms with Crippen LogP contribution < -0.4 is 14.8 Å². The Morgan fingerprint density at radius 3 is 3.00 bits per heavy atom. The van der Waals surface area contributed by atoms with Gasteiger partial charge in [-0.2, -0.15) is 0 Å². The lowest BCUT2D eigenvalue weighted by molar-refractivity contribution is -0.133. The van der Waals surface area contributed by atoms with Crippen LogP contribution in [0, 0.1) is 0 Å². The molecular weight excluding hydrogens is 330 g/mol. The number of nitrogens with one attached hydrogen (secondary N) is 1. The Morgan fingerprint density at radius 1 is 1.41 bits per heavy atom. The molecule has 0 saturated carbocycles. The summed E-state index contributed by atoms with van der Waals surface area (Å²) in [6, 6.07) is 3.42. The highest BCUT2D eigenvalue weighted by molar-refractivity contribution is 7.99. The number of rotatable bonds is 7. The van der Waals surface area contributed by atoms with Crippen molar-refractivity contribution in [3.05, 3.63) is 28.8 Å². The van der Waals surface area contributed by atoms with E-state index in [1.54, 1.807) is 18.2 Å². The minimum atomic E-state index is -0.865. The van der Waals surface area contributed by atoms with Crippen LogP contribution in [0.4, 0.5) is 0 Å². The Balaban J connectivity index is 1.80. The summed E-state index contributed by atoms with van der Waals surface area (Å²) in [5.41, 5.74) is 0.727. The van der Waals surface area contributed by atoms with Gasteiger partial charge in [0.15, 0.2) is 11.5 Å². The highest BCUT2D eigenvalue weighted by Gasteiger charge is 2.17. The highest BCUT2D eigenvalue weighted by atomic mass is 35.5. The van der Waals surface area contributed by atoms with Gasteiger partial charge in [-0.05, 0) is 23.8 Å². The van der Waals surface area contributed by atoms with Crippen LogP contribution in [-0.2, 0) is 9.59 Å².